The van der Waals surface area contributed by atoms with Gasteiger partial charge in [-0.1, -0.05) is 52.0 Å². The summed E-state index contributed by atoms with van der Waals surface area (Å²) < 4.78 is 41.1. The number of hydrogen-bond acceptors (Lipinski definition) is 13. The van der Waals surface area contributed by atoms with E-state index in [1.807, 2.05) is 70.2 Å². The molecule has 0 bridgehead atoms. The summed E-state index contributed by atoms with van der Waals surface area (Å²) >= 11 is 0. The average molecular weight is 839 g/mol. The van der Waals surface area contributed by atoms with Crippen molar-refractivity contribution in [3.8, 4) is 56.8 Å². The lowest BCUT2D eigenvalue weighted by atomic mass is 10.0. The zero-order chi connectivity index (χ0) is 43.5. The monoisotopic (exact) mass is 838 g/mol. The second kappa shape index (κ2) is 21.3. The maximum atomic E-state index is 13.3. The first kappa shape index (κ1) is 45.0. The highest BCUT2D eigenvalue weighted by Crippen LogP contribution is 2.53. The van der Waals surface area contributed by atoms with Gasteiger partial charge in [-0.2, -0.15) is 0 Å². The highest BCUT2D eigenvalue weighted by atomic mass is 16.5. The average Bonchev–Trinajstić information content (AvgIpc) is 3.76. The van der Waals surface area contributed by atoms with E-state index < -0.39 is 0 Å². The largest absolute Gasteiger partial charge is 0.493 e. The van der Waals surface area contributed by atoms with Crippen molar-refractivity contribution < 1.29 is 42.7 Å². The van der Waals surface area contributed by atoms with Crippen LogP contribution in [0.15, 0.2) is 48.5 Å². The molecule has 1 fully saturated rings. The molecule has 7 rings (SSSR count). The highest BCUT2D eigenvalue weighted by Gasteiger charge is 2.37. The third-order valence-corrected chi connectivity index (χ3v) is 10.9. The van der Waals surface area contributed by atoms with E-state index in [4.69, 9.17) is 44.6 Å². The molecular formula is C48H62N4O9. The number of fused-ring (bicyclic) bond motifs is 6. The number of nitrogens with zero attached hydrogens (tertiary/aromatic N) is 2. The molecule has 0 amide bonds. The van der Waals surface area contributed by atoms with Crippen LogP contribution in [0.4, 0.5) is 11.4 Å². The van der Waals surface area contributed by atoms with Gasteiger partial charge in [0, 0.05) is 71.7 Å². The van der Waals surface area contributed by atoms with Crippen molar-refractivity contribution in [1.29, 1.82) is 0 Å². The van der Waals surface area contributed by atoms with Crippen molar-refractivity contribution in [2.75, 3.05) is 104 Å². The molecule has 1 saturated heterocycles. The molecule has 0 atom stereocenters. The number of morpholine rings is 1. The van der Waals surface area contributed by atoms with Crippen LogP contribution in [0.3, 0.4) is 0 Å². The first-order chi connectivity index (χ1) is 29.7. The van der Waals surface area contributed by atoms with Gasteiger partial charge in [-0.25, -0.2) is 0 Å². The molecule has 61 heavy (non-hydrogen) atoms. The van der Waals surface area contributed by atoms with Crippen molar-refractivity contribution in [3.63, 3.8) is 0 Å². The molecule has 0 spiro atoms. The van der Waals surface area contributed by atoms with E-state index in [2.05, 4.69) is 23.6 Å². The molecular weight excluding hydrogens is 777 g/mol. The van der Waals surface area contributed by atoms with E-state index in [1.165, 1.54) is 0 Å². The summed E-state index contributed by atoms with van der Waals surface area (Å²) in [4.78, 5) is 31.2. The number of benzene rings is 4. The molecule has 0 aromatic heterocycles. The van der Waals surface area contributed by atoms with Crippen molar-refractivity contribution in [2.24, 2.45) is 0 Å². The number of nitrogen functional groups attached to an aromatic ring is 2. The predicted molar refractivity (Wildman–Crippen MR) is 239 cm³/mol. The molecule has 0 saturated carbocycles. The van der Waals surface area contributed by atoms with Crippen molar-refractivity contribution in [1.82, 2.24) is 9.80 Å². The SMILES string of the molecule is CCCOc1cc(OCCC)c2c(c1N)C(=O)c1cccc(OCCN(CC)CC)c1-2.CCOc1cc(OCC)c2c(c1N)C(=O)c1cccc(OCCN3CCOCC3)c1-2. The van der Waals surface area contributed by atoms with Crippen LogP contribution in [0.25, 0.3) is 22.3 Å². The molecule has 1 aliphatic heterocycles. The van der Waals surface area contributed by atoms with Crippen LogP contribution >= 0.6 is 0 Å². The number of ether oxygens (including phenoxy) is 7. The van der Waals surface area contributed by atoms with Crippen LogP contribution in [-0.4, -0.2) is 113 Å². The van der Waals surface area contributed by atoms with Crippen LogP contribution in [0, 0.1) is 0 Å². The Kier molecular flexibility index (Phi) is 15.8. The Labute approximate surface area is 360 Å². The van der Waals surface area contributed by atoms with Gasteiger partial charge in [-0.3, -0.25) is 14.5 Å². The van der Waals surface area contributed by atoms with Crippen LogP contribution in [0.1, 0.15) is 86.2 Å². The summed E-state index contributed by atoms with van der Waals surface area (Å²) in [6.45, 7) is 22.1. The summed E-state index contributed by atoms with van der Waals surface area (Å²) in [5, 5.41) is 0. The minimum absolute atomic E-state index is 0.111. The molecule has 4 aromatic carbocycles. The number of likely N-dealkylation sites (N-methyl/N-ethyl adjacent to an activating group) is 1. The van der Waals surface area contributed by atoms with Crippen molar-refractivity contribution >= 4 is 22.9 Å². The minimum atomic E-state index is -0.126. The van der Waals surface area contributed by atoms with E-state index in [9.17, 15) is 9.59 Å². The maximum Gasteiger partial charge on any atom is 0.196 e. The van der Waals surface area contributed by atoms with Crippen molar-refractivity contribution in [2.45, 2.75) is 54.4 Å². The lowest BCUT2D eigenvalue weighted by molar-refractivity contribution is 0.0323. The zero-order valence-electron chi connectivity index (χ0n) is 36.7. The van der Waals surface area contributed by atoms with E-state index in [0.29, 0.717) is 119 Å². The van der Waals surface area contributed by atoms with Crippen molar-refractivity contribution in [3.05, 3.63) is 70.8 Å². The number of anilines is 2. The number of carbonyl (C=O) groups excluding carboxylic acids is 2. The molecule has 13 heteroatoms. The highest BCUT2D eigenvalue weighted by molar-refractivity contribution is 6.27. The first-order valence-electron chi connectivity index (χ1n) is 21.8. The van der Waals surface area contributed by atoms with Crippen LogP contribution < -0.4 is 39.9 Å². The minimum Gasteiger partial charge on any atom is -0.493 e. The fraction of sp³-hybridized carbons (Fsp3) is 0.458. The summed E-state index contributed by atoms with van der Waals surface area (Å²) in [6.07, 6.45) is 1.70. The summed E-state index contributed by atoms with van der Waals surface area (Å²) in [5.41, 5.74) is 18.5. The molecule has 0 radical (unpaired) electrons. The quantitative estimate of drug-likeness (QED) is 0.0720. The Bertz CT molecular complexity index is 2160. The molecule has 13 nitrogen and oxygen atoms in total. The van der Waals surface area contributed by atoms with Gasteiger partial charge < -0.3 is 49.5 Å². The number of hydrogen-bond donors (Lipinski definition) is 2. The number of ketones is 2. The molecule has 2 aliphatic carbocycles. The van der Waals surface area contributed by atoms with Gasteiger partial charge in [0.2, 0.25) is 0 Å². The molecule has 1 heterocycles. The van der Waals surface area contributed by atoms with Crippen LogP contribution in [0.5, 0.6) is 34.5 Å². The van der Waals surface area contributed by atoms with Gasteiger partial charge in [-0.15, -0.1) is 0 Å². The Morgan fingerprint density at radius 2 is 1.02 bits per heavy atom. The summed E-state index contributed by atoms with van der Waals surface area (Å²) in [6, 6.07) is 14.7. The van der Waals surface area contributed by atoms with E-state index in [1.54, 1.807) is 6.07 Å². The van der Waals surface area contributed by atoms with E-state index in [0.717, 1.165) is 76.5 Å². The third kappa shape index (κ3) is 9.69. The topological polar surface area (TPSA) is 157 Å². The molecule has 328 valence electrons. The maximum absolute atomic E-state index is 13.3. The fourth-order valence-electron chi connectivity index (χ4n) is 7.87. The smallest absolute Gasteiger partial charge is 0.196 e. The Balaban J connectivity index is 0.000000204. The number of carbonyl (C=O) groups is 2. The molecule has 0 unspecified atom stereocenters. The third-order valence-electron chi connectivity index (χ3n) is 10.9. The lowest BCUT2D eigenvalue weighted by Crippen LogP contribution is -2.38. The molecule has 4 aromatic rings. The summed E-state index contributed by atoms with van der Waals surface area (Å²) in [7, 11) is 0. The molecule has 3 aliphatic rings. The van der Waals surface area contributed by atoms with Gasteiger partial charge in [0.25, 0.3) is 0 Å². The summed E-state index contributed by atoms with van der Waals surface area (Å²) in [5.74, 6) is 3.27. The standard InChI is InChI=1S/C25H34N2O4.C23H28N2O5/c1-5-13-29-19-16-20(30-14-6-2)24(26)23-22(19)21-17(25(23)28)10-9-11-18(21)31-15-12-27(7-3)8-4;1-3-28-17-14-18(29-4-2)22(24)21-20(17)19-15(23(21)26)6-5-7-16(19)30-13-10-25-8-11-27-12-9-25/h9-11,16H,5-8,12-15,26H2,1-4H3;5-7,14H,3-4,8-13,24H2,1-2H3. The number of rotatable bonds is 20. The van der Waals surface area contributed by atoms with Gasteiger partial charge in [-0.05, 0) is 51.9 Å². The van der Waals surface area contributed by atoms with Gasteiger partial charge in [0.1, 0.15) is 47.7 Å². The van der Waals surface area contributed by atoms with E-state index in [-0.39, 0.29) is 11.6 Å². The second-order valence-corrected chi connectivity index (χ2v) is 14.8. The van der Waals surface area contributed by atoms with Crippen LogP contribution in [0.2, 0.25) is 0 Å². The normalized spacial score (nSPS) is 13.8. The van der Waals surface area contributed by atoms with E-state index >= 15 is 0 Å². The number of nitrogens with two attached hydrogens (primary N) is 2. The second-order valence-electron chi connectivity index (χ2n) is 14.8. The first-order valence-corrected chi connectivity index (χ1v) is 21.8. The Morgan fingerprint density at radius 3 is 1.52 bits per heavy atom. The predicted octanol–water partition coefficient (Wildman–Crippen LogP) is 7.77. The zero-order valence-corrected chi connectivity index (χ0v) is 36.7. The van der Waals surface area contributed by atoms with Gasteiger partial charge in [0.15, 0.2) is 11.6 Å². The Hall–Kier alpha value is -5.50. The fourth-order valence-corrected chi connectivity index (χ4v) is 7.87. The van der Waals surface area contributed by atoms with Gasteiger partial charge >= 0.3 is 0 Å². The van der Waals surface area contributed by atoms with Gasteiger partial charge in [0.05, 0.1) is 62.1 Å². The molecule has 4 N–H and O–H groups in total. The lowest BCUT2D eigenvalue weighted by Gasteiger charge is -2.26. The van der Waals surface area contributed by atoms with Crippen LogP contribution in [-0.2, 0) is 4.74 Å². The Morgan fingerprint density at radius 1 is 0.557 bits per heavy atom.